The maximum atomic E-state index is 6.28. The van der Waals surface area contributed by atoms with Crippen LogP contribution in [-0.2, 0) is 6.42 Å². The minimum absolute atomic E-state index is 0.482. The summed E-state index contributed by atoms with van der Waals surface area (Å²) in [5.41, 5.74) is 3.25. The number of aromatic nitrogens is 2. The average molecular weight is 457 g/mol. The first kappa shape index (κ1) is 21.7. The zero-order valence-corrected chi connectivity index (χ0v) is 19.0. The monoisotopic (exact) mass is 456 g/mol. The lowest BCUT2D eigenvalue weighted by molar-refractivity contribution is 0.313. The van der Waals surface area contributed by atoms with Crippen molar-refractivity contribution < 1.29 is 0 Å². The summed E-state index contributed by atoms with van der Waals surface area (Å²) in [7, 11) is 2.16. The van der Waals surface area contributed by atoms with E-state index in [0.29, 0.717) is 23.3 Å². The highest BCUT2D eigenvalue weighted by molar-refractivity contribution is 6.32. The van der Waals surface area contributed by atoms with Crippen molar-refractivity contribution in [2.75, 3.05) is 55.3 Å². The molecule has 2 heterocycles. The van der Waals surface area contributed by atoms with Crippen LogP contribution in [-0.4, -0.2) is 54.6 Å². The Bertz CT molecular complexity index is 1000. The Labute approximate surface area is 193 Å². The highest BCUT2D eigenvalue weighted by Gasteiger charge is 2.14. The third-order valence-corrected chi connectivity index (χ3v) is 6.03. The van der Waals surface area contributed by atoms with Gasteiger partial charge in [0.15, 0.2) is 5.82 Å². The number of anilines is 4. The number of likely N-dealkylation sites (N-methyl/N-ethyl adjacent to an activating group) is 1. The van der Waals surface area contributed by atoms with Gasteiger partial charge in [-0.1, -0.05) is 41.4 Å². The van der Waals surface area contributed by atoms with Gasteiger partial charge in [-0.05, 0) is 49.4 Å². The first-order chi connectivity index (χ1) is 15.1. The predicted octanol–water partition coefficient (Wildman–Crippen LogP) is 4.93. The van der Waals surface area contributed by atoms with Crippen LogP contribution < -0.4 is 15.5 Å². The van der Waals surface area contributed by atoms with Gasteiger partial charge in [-0.25, -0.2) is 4.98 Å². The molecular formula is C23H26Cl2N6. The molecule has 2 N–H and O–H groups in total. The summed E-state index contributed by atoms with van der Waals surface area (Å²) in [6.45, 7) is 4.94. The summed E-state index contributed by atoms with van der Waals surface area (Å²) < 4.78 is 0. The molecule has 0 saturated carbocycles. The van der Waals surface area contributed by atoms with Crippen molar-refractivity contribution in [2.45, 2.75) is 6.42 Å². The molecule has 0 amide bonds. The van der Waals surface area contributed by atoms with Gasteiger partial charge in [0, 0.05) is 49.1 Å². The molecule has 3 aromatic rings. The fraction of sp³-hybridized carbons (Fsp3) is 0.304. The molecule has 8 heteroatoms. The summed E-state index contributed by atoms with van der Waals surface area (Å²) in [6.07, 6.45) is 2.38. The first-order valence-corrected chi connectivity index (χ1v) is 11.1. The molecule has 0 atom stereocenters. The van der Waals surface area contributed by atoms with Crippen molar-refractivity contribution in [3.05, 3.63) is 70.3 Å². The minimum atomic E-state index is 0.482. The predicted molar refractivity (Wildman–Crippen MR) is 130 cm³/mol. The summed E-state index contributed by atoms with van der Waals surface area (Å²) in [5, 5.41) is 7.78. The number of piperazine rings is 1. The van der Waals surface area contributed by atoms with Gasteiger partial charge in [-0.2, -0.15) is 4.98 Å². The van der Waals surface area contributed by atoms with Gasteiger partial charge < -0.3 is 20.4 Å². The highest BCUT2D eigenvalue weighted by Crippen LogP contribution is 2.24. The lowest BCUT2D eigenvalue weighted by Gasteiger charge is -2.34. The Kier molecular flexibility index (Phi) is 7.12. The van der Waals surface area contributed by atoms with E-state index in [1.54, 1.807) is 6.20 Å². The maximum Gasteiger partial charge on any atom is 0.229 e. The molecule has 1 aliphatic rings. The standard InChI is InChI=1S/C23H26Cl2N6/c1-30-12-14-31(15-13-30)19-8-6-18(7-9-19)28-23-27-16-21(25)22(29-23)26-11-10-17-4-2-3-5-20(17)24/h2-9,16H,10-15H2,1H3,(H2,26,27,28,29). The van der Waals surface area contributed by atoms with E-state index in [2.05, 4.69) is 61.7 Å². The fourth-order valence-corrected chi connectivity index (χ4v) is 3.91. The van der Waals surface area contributed by atoms with E-state index in [0.717, 1.165) is 48.9 Å². The van der Waals surface area contributed by atoms with Crippen LogP contribution in [0.5, 0.6) is 0 Å². The average Bonchev–Trinajstić information content (AvgIpc) is 2.78. The molecule has 0 bridgehead atoms. The number of nitrogens with zero attached hydrogens (tertiary/aromatic N) is 4. The summed E-state index contributed by atoms with van der Waals surface area (Å²) in [5.74, 6) is 1.09. The number of rotatable bonds is 7. The maximum absolute atomic E-state index is 6.28. The van der Waals surface area contributed by atoms with Crippen LogP contribution >= 0.6 is 23.2 Å². The van der Waals surface area contributed by atoms with Gasteiger partial charge in [0.05, 0.1) is 6.20 Å². The number of nitrogens with one attached hydrogen (secondary N) is 2. The molecule has 2 aromatic carbocycles. The number of hydrogen-bond donors (Lipinski definition) is 2. The van der Waals surface area contributed by atoms with Crippen LogP contribution in [0.1, 0.15) is 5.56 Å². The normalized spacial score (nSPS) is 14.5. The number of halogens is 2. The second-order valence-corrected chi connectivity index (χ2v) is 8.43. The quantitative estimate of drug-likeness (QED) is 0.525. The van der Waals surface area contributed by atoms with Crippen molar-refractivity contribution >= 4 is 46.3 Å². The molecule has 0 radical (unpaired) electrons. The van der Waals surface area contributed by atoms with E-state index >= 15 is 0 Å². The zero-order chi connectivity index (χ0) is 21.6. The Balaban J connectivity index is 1.36. The second kappa shape index (κ2) is 10.2. The van der Waals surface area contributed by atoms with Crippen molar-refractivity contribution in [2.24, 2.45) is 0 Å². The van der Waals surface area contributed by atoms with Crippen molar-refractivity contribution in [1.82, 2.24) is 14.9 Å². The molecule has 1 fully saturated rings. The molecule has 162 valence electrons. The highest BCUT2D eigenvalue weighted by atomic mass is 35.5. The Morgan fingerprint density at radius 2 is 1.68 bits per heavy atom. The van der Waals surface area contributed by atoms with Gasteiger partial charge >= 0.3 is 0 Å². The fourth-order valence-electron chi connectivity index (χ4n) is 3.52. The van der Waals surface area contributed by atoms with Gasteiger partial charge in [-0.15, -0.1) is 0 Å². The van der Waals surface area contributed by atoms with Crippen LogP contribution in [0.4, 0.5) is 23.1 Å². The molecule has 4 rings (SSSR count). The lowest BCUT2D eigenvalue weighted by atomic mass is 10.1. The van der Waals surface area contributed by atoms with Gasteiger partial charge in [0.1, 0.15) is 5.02 Å². The summed E-state index contributed by atoms with van der Waals surface area (Å²) in [6, 6.07) is 16.2. The van der Waals surface area contributed by atoms with Crippen LogP contribution in [0, 0.1) is 0 Å². The lowest BCUT2D eigenvalue weighted by Crippen LogP contribution is -2.44. The Morgan fingerprint density at radius 1 is 0.935 bits per heavy atom. The van der Waals surface area contributed by atoms with E-state index in [1.807, 2.05) is 24.3 Å². The molecule has 1 aromatic heterocycles. The van der Waals surface area contributed by atoms with Crippen molar-refractivity contribution in [1.29, 1.82) is 0 Å². The molecular weight excluding hydrogens is 431 g/mol. The van der Waals surface area contributed by atoms with Gasteiger partial charge in [0.2, 0.25) is 5.95 Å². The van der Waals surface area contributed by atoms with Crippen molar-refractivity contribution in [3.63, 3.8) is 0 Å². The number of hydrogen-bond acceptors (Lipinski definition) is 6. The molecule has 1 aliphatic heterocycles. The largest absolute Gasteiger partial charge is 0.369 e. The van der Waals surface area contributed by atoms with Crippen LogP contribution in [0.2, 0.25) is 10.0 Å². The first-order valence-electron chi connectivity index (χ1n) is 10.4. The molecule has 0 aliphatic carbocycles. The van der Waals surface area contributed by atoms with E-state index < -0.39 is 0 Å². The SMILES string of the molecule is CN1CCN(c2ccc(Nc3ncc(Cl)c(NCCc4ccccc4Cl)n3)cc2)CC1. The van der Waals surface area contributed by atoms with Crippen LogP contribution in [0.15, 0.2) is 54.7 Å². The topological polar surface area (TPSA) is 56.3 Å². The Hall–Kier alpha value is -2.54. The Morgan fingerprint density at radius 3 is 2.42 bits per heavy atom. The van der Waals surface area contributed by atoms with E-state index in [4.69, 9.17) is 23.2 Å². The smallest absolute Gasteiger partial charge is 0.229 e. The van der Waals surface area contributed by atoms with Gasteiger partial charge in [0.25, 0.3) is 0 Å². The molecule has 1 saturated heterocycles. The minimum Gasteiger partial charge on any atom is -0.369 e. The molecule has 0 spiro atoms. The summed E-state index contributed by atoms with van der Waals surface area (Å²) in [4.78, 5) is 13.6. The third kappa shape index (κ3) is 5.79. The van der Waals surface area contributed by atoms with E-state index in [9.17, 15) is 0 Å². The van der Waals surface area contributed by atoms with Crippen LogP contribution in [0.3, 0.4) is 0 Å². The van der Waals surface area contributed by atoms with Crippen LogP contribution in [0.25, 0.3) is 0 Å². The molecule has 31 heavy (non-hydrogen) atoms. The van der Waals surface area contributed by atoms with E-state index in [-0.39, 0.29) is 0 Å². The van der Waals surface area contributed by atoms with Gasteiger partial charge in [-0.3, -0.25) is 0 Å². The van der Waals surface area contributed by atoms with Crippen molar-refractivity contribution in [3.8, 4) is 0 Å². The number of benzene rings is 2. The second-order valence-electron chi connectivity index (χ2n) is 7.62. The summed E-state index contributed by atoms with van der Waals surface area (Å²) >= 11 is 12.5. The molecule has 6 nitrogen and oxygen atoms in total. The third-order valence-electron chi connectivity index (χ3n) is 5.38. The van der Waals surface area contributed by atoms with E-state index in [1.165, 1.54) is 5.69 Å². The molecule has 0 unspecified atom stereocenters. The zero-order valence-electron chi connectivity index (χ0n) is 17.5.